The van der Waals surface area contributed by atoms with Crippen molar-refractivity contribution in [2.75, 3.05) is 11.6 Å². The van der Waals surface area contributed by atoms with E-state index in [1.165, 1.54) is 0 Å². The Kier molecular flexibility index (Phi) is 4.84. The Morgan fingerprint density at radius 3 is 2.79 bits per heavy atom. The monoisotopic (exact) mass is 303 g/mol. The fourth-order valence-corrected chi connectivity index (χ4v) is 3.92. The van der Waals surface area contributed by atoms with E-state index < -0.39 is 22.2 Å². The zero-order valence-corrected chi connectivity index (χ0v) is 12.1. The van der Waals surface area contributed by atoms with Crippen molar-refractivity contribution in [1.29, 1.82) is 0 Å². The van der Waals surface area contributed by atoms with E-state index in [9.17, 15) is 13.5 Å². The average molecular weight is 304 g/mol. The normalized spacial score (nSPS) is 22.4. The quantitative estimate of drug-likeness (QED) is 0.619. The van der Waals surface area contributed by atoms with Gasteiger partial charge in [0, 0.05) is 12.3 Å². The molecule has 1 aromatic carbocycles. The number of alkyl halides is 1. The molecule has 0 saturated heterocycles. The summed E-state index contributed by atoms with van der Waals surface area (Å²) < 4.78 is 26.5. The van der Waals surface area contributed by atoms with Gasteiger partial charge in [-0.25, -0.2) is 13.1 Å². The van der Waals surface area contributed by atoms with Crippen LogP contribution >= 0.6 is 11.6 Å². The molecule has 6 heteroatoms. The van der Waals surface area contributed by atoms with E-state index in [1.807, 2.05) is 24.3 Å². The number of aliphatic hydroxyl groups is 1. The molecule has 2 N–H and O–H groups in total. The summed E-state index contributed by atoms with van der Waals surface area (Å²) in [6.45, 7) is 0. The molecule has 106 valence electrons. The second kappa shape index (κ2) is 6.22. The molecule has 0 fully saturated rings. The molecule has 0 aliphatic heterocycles. The van der Waals surface area contributed by atoms with Crippen LogP contribution in [0, 0.1) is 0 Å². The van der Waals surface area contributed by atoms with E-state index in [0.29, 0.717) is 25.1 Å². The minimum Gasteiger partial charge on any atom is -0.391 e. The molecular weight excluding hydrogens is 286 g/mol. The molecule has 1 aliphatic rings. The summed E-state index contributed by atoms with van der Waals surface area (Å²) in [5, 5.41) is 10.00. The number of hydrogen-bond donors (Lipinski definition) is 2. The number of nitrogens with one attached hydrogen (secondary N) is 1. The van der Waals surface area contributed by atoms with Gasteiger partial charge in [-0.3, -0.25) is 0 Å². The van der Waals surface area contributed by atoms with Crippen LogP contribution in [0.15, 0.2) is 24.3 Å². The van der Waals surface area contributed by atoms with Crippen LogP contribution in [0.1, 0.15) is 30.0 Å². The van der Waals surface area contributed by atoms with Gasteiger partial charge < -0.3 is 5.11 Å². The molecule has 0 heterocycles. The Labute approximate surface area is 118 Å². The van der Waals surface area contributed by atoms with Gasteiger partial charge in [-0.05, 0) is 24.0 Å². The van der Waals surface area contributed by atoms with Gasteiger partial charge in [-0.2, -0.15) is 0 Å². The third kappa shape index (κ3) is 3.69. The van der Waals surface area contributed by atoms with Crippen molar-refractivity contribution < 1.29 is 13.5 Å². The summed E-state index contributed by atoms with van der Waals surface area (Å²) in [5.41, 5.74) is 1.87. The van der Waals surface area contributed by atoms with Crippen LogP contribution in [0.25, 0.3) is 0 Å². The van der Waals surface area contributed by atoms with E-state index in [-0.39, 0.29) is 5.75 Å². The van der Waals surface area contributed by atoms with Crippen molar-refractivity contribution in [1.82, 2.24) is 4.72 Å². The summed E-state index contributed by atoms with van der Waals surface area (Å²) in [6.07, 6.45) is 1.00. The number of aliphatic hydroxyl groups excluding tert-OH is 1. The lowest BCUT2D eigenvalue weighted by molar-refractivity contribution is 0.151. The van der Waals surface area contributed by atoms with Crippen molar-refractivity contribution in [3.63, 3.8) is 0 Å². The van der Waals surface area contributed by atoms with Gasteiger partial charge in [0.15, 0.2) is 0 Å². The molecule has 2 rings (SSSR count). The van der Waals surface area contributed by atoms with E-state index in [4.69, 9.17) is 11.6 Å². The topological polar surface area (TPSA) is 66.4 Å². The first-order chi connectivity index (χ1) is 9.03. The zero-order valence-electron chi connectivity index (χ0n) is 10.5. The van der Waals surface area contributed by atoms with Crippen LogP contribution in [0.2, 0.25) is 0 Å². The maximum atomic E-state index is 12.0. The average Bonchev–Trinajstić information content (AvgIpc) is 2.66. The Morgan fingerprint density at radius 2 is 2.05 bits per heavy atom. The minimum absolute atomic E-state index is 0.0467. The van der Waals surface area contributed by atoms with Crippen molar-refractivity contribution >= 4 is 21.6 Å². The number of fused-ring (bicyclic) bond motifs is 1. The molecule has 0 bridgehead atoms. The van der Waals surface area contributed by atoms with Gasteiger partial charge in [-0.1, -0.05) is 24.3 Å². The maximum Gasteiger partial charge on any atom is 0.212 e. The van der Waals surface area contributed by atoms with Gasteiger partial charge in [0.05, 0.1) is 17.9 Å². The fourth-order valence-electron chi connectivity index (χ4n) is 2.35. The molecule has 4 nitrogen and oxygen atoms in total. The van der Waals surface area contributed by atoms with Gasteiger partial charge in [0.2, 0.25) is 10.0 Å². The highest BCUT2D eigenvalue weighted by molar-refractivity contribution is 7.89. The second-order valence-electron chi connectivity index (χ2n) is 4.78. The summed E-state index contributed by atoms with van der Waals surface area (Å²) in [5.74, 6) is 0.509. The second-order valence-corrected chi connectivity index (χ2v) is 7.03. The van der Waals surface area contributed by atoms with Gasteiger partial charge in [0.25, 0.3) is 0 Å². The molecule has 0 unspecified atom stereocenters. The lowest BCUT2D eigenvalue weighted by Crippen LogP contribution is -2.35. The van der Waals surface area contributed by atoms with Crippen molar-refractivity contribution in [3.8, 4) is 0 Å². The summed E-state index contributed by atoms with van der Waals surface area (Å²) in [6, 6.07) is 6.99. The number of halogens is 1. The Balaban J connectivity index is 2.07. The number of sulfonamides is 1. The highest BCUT2D eigenvalue weighted by Crippen LogP contribution is 2.31. The first kappa shape index (κ1) is 14.8. The first-order valence-electron chi connectivity index (χ1n) is 6.35. The highest BCUT2D eigenvalue weighted by atomic mass is 35.5. The van der Waals surface area contributed by atoms with Crippen LogP contribution in [0.3, 0.4) is 0 Å². The molecule has 1 aromatic rings. The fraction of sp³-hybridized carbons (Fsp3) is 0.538. The number of hydrogen-bond acceptors (Lipinski definition) is 3. The maximum absolute atomic E-state index is 12.0. The van der Waals surface area contributed by atoms with Crippen LogP contribution in [-0.4, -0.2) is 31.3 Å². The molecule has 0 amide bonds. The lowest BCUT2D eigenvalue weighted by Gasteiger charge is -2.17. The molecule has 0 radical (unpaired) electrons. The number of benzene rings is 1. The van der Waals surface area contributed by atoms with Crippen LogP contribution in [0.4, 0.5) is 0 Å². The lowest BCUT2D eigenvalue weighted by atomic mass is 10.1. The van der Waals surface area contributed by atoms with Crippen molar-refractivity contribution in [2.24, 2.45) is 0 Å². The molecule has 19 heavy (non-hydrogen) atoms. The third-order valence-electron chi connectivity index (χ3n) is 3.31. The standard InChI is InChI=1S/C13H18ClNO3S/c14-7-3-4-8-19(17,18)15-13-11-6-2-1-5-10(11)9-12(13)16/h1-2,5-6,12-13,15-16H,3-4,7-9H2/t12-,13+/m1/s1. The molecule has 2 atom stereocenters. The van der Waals surface area contributed by atoms with Crippen LogP contribution in [0.5, 0.6) is 0 Å². The van der Waals surface area contributed by atoms with Gasteiger partial charge in [0.1, 0.15) is 0 Å². The SMILES string of the molecule is O=S(=O)(CCCCCl)N[C@H]1c2ccccc2C[C@H]1O. The zero-order chi connectivity index (χ0) is 13.9. The summed E-state index contributed by atoms with van der Waals surface area (Å²) in [7, 11) is -3.38. The number of unbranched alkanes of at least 4 members (excludes halogenated alkanes) is 1. The summed E-state index contributed by atoms with van der Waals surface area (Å²) in [4.78, 5) is 0. The third-order valence-corrected chi connectivity index (χ3v) is 5.01. The summed E-state index contributed by atoms with van der Waals surface area (Å²) >= 11 is 5.54. The van der Waals surface area contributed by atoms with Crippen molar-refractivity contribution in [3.05, 3.63) is 35.4 Å². The predicted molar refractivity (Wildman–Crippen MR) is 75.8 cm³/mol. The molecular formula is C13H18ClNO3S. The van der Waals surface area contributed by atoms with E-state index in [2.05, 4.69) is 4.72 Å². The number of rotatable bonds is 6. The van der Waals surface area contributed by atoms with Crippen LogP contribution in [-0.2, 0) is 16.4 Å². The Bertz CT molecular complexity index is 532. The smallest absolute Gasteiger partial charge is 0.212 e. The molecule has 0 aromatic heterocycles. The van der Waals surface area contributed by atoms with Crippen molar-refractivity contribution in [2.45, 2.75) is 31.4 Å². The predicted octanol–water partition coefficient (Wildman–Crippen LogP) is 1.58. The van der Waals surface area contributed by atoms with E-state index in [0.717, 1.165) is 11.1 Å². The highest BCUT2D eigenvalue weighted by Gasteiger charge is 2.33. The Hall–Kier alpha value is -0.620. The minimum atomic E-state index is -3.38. The van der Waals surface area contributed by atoms with Gasteiger partial charge in [-0.15, -0.1) is 11.6 Å². The van der Waals surface area contributed by atoms with Crippen LogP contribution < -0.4 is 4.72 Å². The van der Waals surface area contributed by atoms with E-state index >= 15 is 0 Å². The first-order valence-corrected chi connectivity index (χ1v) is 8.54. The molecule has 1 aliphatic carbocycles. The Morgan fingerprint density at radius 1 is 1.32 bits per heavy atom. The largest absolute Gasteiger partial charge is 0.391 e. The molecule has 0 spiro atoms. The van der Waals surface area contributed by atoms with E-state index in [1.54, 1.807) is 0 Å². The molecule has 0 saturated carbocycles. The van der Waals surface area contributed by atoms with Gasteiger partial charge >= 0.3 is 0 Å².